The van der Waals surface area contributed by atoms with Gasteiger partial charge >= 0.3 is 0 Å². The standard InChI is InChI=1S/C16H20ClNO2/c1-16(2)5-3-4-11(16)15(20)10-6-9-7-14(19)18-13(9)8-12(10)17/h6,8,11,15,20H,3-5,7H2,1-2H3,(H,18,19). The summed E-state index contributed by atoms with van der Waals surface area (Å²) in [4.78, 5) is 11.4. The molecule has 0 aromatic heterocycles. The fourth-order valence-corrected chi connectivity index (χ4v) is 3.92. The van der Waals surface area contributed by atoms with Crippen LogP contribution in [0.4, 0.5) is 5.69 Å². The van der Waals surface area contributed by atoms with Crippen molar-refractivity contribution in [3.63, 3.8) is 0 Å². The number of amides is 1. The highest BCUT2D eigenvalue weighted by molar-refractivity contribution is 6.32. The molecule has 1 heterocycles. The molecule has 0 radical (unpaired) electrons. The number of nitrogens with one attached hydrogen (secondary N) is 1. The first-order valence-electron chi connectivity index (χ1n) is 7.19. The maximum atomic E-state index is 11.4. The third kappa shape index (κ3) is 2.23. The Balaban J connectivity index is 1.95. The average Bonchev–Trinajstić information content (AvgIpc) is 2.88. The Morgan fingerprint density at radius 1 is 1.45 bits per heavy atom. The second-order valence-corrected chi connectivity index (χ2v) is 7.10. The highest BCUT2D eigenvalue weighted by Gasteiger charge is 2.40. The lowest BCUT2D eigenvalue weighted by Crippen LogP contribution is -2.24. The first-order valence-corrected chi connectivity index (χ1v) is 7.56. The van der Waals surface area contributed by atoms with Crippen LogP contribution in [0.25, 0.3) is 0 Å². The van der Waals surface area contributed by atoms with Crippen molar-refractivity contribution in [2.45, 2.75) is 45.6 Å². The van der Waals surface area contributed by atoms with E-state index in [0.717, 1.165) is 36.1 Å². The number of carbonyl (C=O) groups is 1. The molecule has 2 aliphatic rings. The van der Waals surface area contributed by atoms with Crippen molar-refractivity contribution in [3.8, 4) is 0 Å². The van der Waals surface area contributed by atoms with Crippen LogP contribution >= 0.6 is 11.6 Å². The van der Waals surface area contributed by atoms with Crippen molar-refractivity contribution < 1.29 is 9.90 Å². The molecule has 20 heavy (non-hydrogen) atoms. The van der Waals surface area contributed by atoms with Crippen LogP contribution in [0, 0.1) is 11.3 Å². The summed E-state index contributed by atoms with van der Waals surface area (Å²) in [5, 5.41) is 14.1. The van der Waals surface area contributed by atoms with Crippen LogP contribution in [0.5, 0.6) is 0 Å². The van der Waals surface area contributed by atoms with Gasteiger partial charge in [0, 0.05) is 10.7 Å². The molecule has 1 aliphatic heterocycles. The summed E-state index contributed by atoms with van der Waals surface area (Å²) in [6, 6.07) is 3.66. The minimum Gasteiger partial charge on any atom is -0.388 e. The molecule has 1 aliphatic carbocycles. The Labute approximate surface area is 124 Å². The van der Waals surface area contributed by atoms with Crippen LogP contribution < -0.4 is 5.32 Å². The second-order valence-electron chi connectivity index (χ2n) is 6.69. The van der Waals surface area contributed by atoms with Gasteiger partial charge in [0.25, 0.3) is 0 Å². The van der Waals surface area contributed by atoms with Gasteiger partial charge in [0.15, 0.2) is 0 Å². The molecule has 1 aromatic carbocycles. The summed E-state index contributed by atoms with van der Waals surface area (Å²) in [5.41, 5.74) is 2.61. The van der Waals surface area contributed by atoms with Gasteiger partial charge in [-0.3, -0.25) is 4.79 Å². The Bertz CT molecular complexity index is 568. The van der Waals surface area contributed by atoms with Crippen LogP contribution in [-0.4, -0.2) is 11.0 Å². The maximum absolute atomic E-state index is 11.4. The van der Waals surface area contributed by atoms with Gasteiger partial charge in [-0.05, 0) is 47.4 Å². The summed E-state index contributed by atoms with van der Waals surface area (Å²) in [6.07, 6.45) is 3.13. The minimum absolute atomic E-state index is 0.0103. The molecule has 0 spiro atoms. The monoisotopic (exact) mass is 293 g/mol. The van der Waals surface area contributed by atoms with Gasteiger partial charge in [-0.25, -0.2) is 0 Å². The van der Waals surface area contributed by atoms with Crippen LogP contribution in [0.1, 0.15) is 50.3 Å². The third-order valence-corrected chi connectivity index (χ3v) is 5.21. The Morgan fingerprint density at radius 2 is 2.20 bits per heavy atom. The molecular formula is C16H20ClNO2. The number of rotatable bonds is 2. The van der Waals surface area contributed by atoms with Crippen LogP contribution in [-0.2, 0) is 11.2 Å². The summed E-state index contributed by atoms with van der Waals surface area (Å²) in [5.74, 6) is 0.215. The first kappa shape index (κ1) is 13.9. The number of aliphatic hydroxyl groups is 1. The largest absolute Gasteiger partial charge is 0.388 e. The lowest BCUT2D eigenvalue weighted by molar-refractivity contribution is -0.115. The first-order chi connectivity index (χ1) is 9.38. The highest BCUT2D eigenvalue weighted by Crippen LogP contribution is 2.50. The number of hydrogen-bond acceptors (Lipinski definition) is 2. The molecule has 0 saturated heterocycles. The fraction of sp³-hybridized carbons (Fsp3) is 0.562. The molecule has 0 bridgehead atoms. The summed E-state index contributed by atoms with van der Waals surface area (Å²) < 4.78 is 0. The molecule has 1 amide bonds. The van der Waals surface area contributed by atoms with Crippen molar-refractivity contribution in [1.82, 2.24) is 0 Å². The molecule has 108 valence electrons. The van der Waals surface area contributed by atoms with Crippen molar-refractivity contribution in [2.24, 2.45) is 11.3 Å². The van der Waals surface area contributed by atoms with Crippen molar-refractivity contribution in [2.75, 3.05) is 5.32 Å². The molecule has 1 fully saturated rings. The smallest absolute Gasteiger partial charge is 0.228 e. The molecule has 2 atom stereocenters. The van der Waals surface area contributed by atoms with E-state index in [0.29, 0.717) is 11.4 Å². The summed E-state index contributed by atoms with van der Waals surface area (Å²) in [6.45, 7) is 4.42. The van der Waals surface area contributed by atoms with Crippen LogP contribution in [0.2, 0.25) is 5.02 Å². The van der Waals surface area contributed by atoms with E-state index in [9.17, 15) is 9.90 Å². The van der Waals surface area contributed by atoms with Crippen LogP contribution in [0.15, 0.2) is 12.1 Å². The zero-order chi connectivity index (χ0) is 14.5. The number of carbonyl (C=O) groups excluding carboxylic acids is 1. The number of benzene rings is 1. The lowest BCUT2D eigenvalue weighted by Gasteiger charge is -2.32. The summed E-state index contributed by atoms with van der Waals surface area (Å²) >= 11 is 6.31. The van der Waals surface area contributed by atoms with Crippen LogP contribution in [0.3, 0.4) is 0 Å². The van der Waals surface area contributed by atoms with Crippen molar-refractivity contribution >= 4 is 23.2 Å². The zero-order valence-corrected chi connectivity index (χ0v) is 12.6. The Hall–Kier alpha value is -1.06. The molecular weight excluding hydrogens is 274 g/mol. The number of fused-ring (bicyclic) bond motifs is 1. The molecule has 1 aromatic rings. The van der Waals surface area contributed by atoms with E-state index in [1.807, 2.05) is 6.07 Å². The molecule has 4 heteroatoms. The third-order valence-electron chi connectivity index (χ3n) is 4.89. The Kier molecular flexibility index (Phi) is 3.30. The minimum atomic E-state index is -0.555. The van der Waals surface area contributed by atoms with Crippen molar-refractivity contribution in [3.05, 3.63) is 28.3 Å². The lowest BCUT2D eigenvalue weighted by atomic mass is 9.76. The zero-order valence-electron chi connectivity index (χ0n) is 11.9. The van der Waals surface area contributed by atoms with Gasteiger partial charge < -0.3 is 10.4 Å². The fourth-order valence-electron chi connectivity index (χ4n) is 3.65. The predicted octanol–water partition coefficient (Wildman–Crippen LogP) is 3.69. The quantitative estimate of drug-likeness (QED) is 0.873. The van der Waals surface area contributed by atoms with Gasteiger partial charge in [-0.15, -0.1) is 0 Å². The number of halogens is 1. The molecule has 2 N–H and O–H groups in total. The van der Waals surface area contributed by atoms with Gasteiger partial charge in [-0.1, -0.05) is 31.9 Å². The van der Waals surface area contributed by atoms with Crippen molar-refractivity contribution in [1.29, 1.82) is 0 Å². The van der Waals surface area contributed by atoms with E-state index in [1.54, 1.807) is 6.07 Å². The van der Waals surface area contributed by atoms with E-state index < -0.39 is 6.10 Å². The Morgan fingerprint density at radius 3 is 2.85 bits per heavy atom. The molecule has 3 rings (SSSR count). The van der Waals surface area contributed by atoms with Gasteiger partial charge in [0.2, 0.25) is 5.91 Å². The van der Waals surface area contributed by atoms with E-state index >= 15 is 0 Å². The highest BCUT2D eigenvalue weighted by atomic mass is 35.5. The predicted molar refractivity (Wildman–Crippen MR) is 79.9 cm³/mol. The topological polar surface area (TPSA) is 49.3 Å². The van der Waals surface area contributed by atoms with Gasteiger partial charge in [-0.2, -0.15) is 0 Å². The maximum Gasteiger partial charge on any atom is 0.228 e. The van der Waals surface area contributed by atoms with Gasteiger partial charge in [0.1, 0.15) is 0 Å². The second kappa shape index (κ2) is 4.74. The summed E-state index contributed by atoms with van der Waals surface area (Å²) in [7, 11) is 0. The van der Waals surface area contributed by atoms with E-state index in [-0.39, 0.29) is 17.2 Å². The molecule has 2 unspecified atom stereocenters. The molecule has 1 saturated carbocycles. The van der Waals surface area contributed by atoms with Gasteiger partial charge in [0.05, 0.1) is 12.5 Å². The normalized spacial score (nSPS) is 25.4. The van der Waals surface area contributed by atoms with E-state index in [1.165, 1.54) is 0 Å². The van der Waals surface area contributed by atoms with E-state index in [4.69, 9.17) is 11.6 Å². The SMILES string of the molecule is CC1(C)CCCC1C(O)c1cc2c(cc1Cl)NC(=O)C2. The number of anilines is 1. The number of aliphatic hydroxyl groups excluding tert-OH is 1. The molecule has 3 nitrogen and oxygen atoms in total. The average molecular weight is 294 g/mol. The number of hydrogen-bond donors (Lipinski definition) is 2. The van der Waals surface area contributed by atoms with E-state index in [2.05, 4.69) is 19.2 Å².